The van der Waals surface area contributed by atoms with E-state index in [4.69, 9.17) is 4.74 Å². The number of hydrogen-bond donors (Lipinski definition) is 1. The third kappa shape index (κ3) is 3.18. The lowest BCUT2D eigenvalue weighted by Gasteiger charge is -2.14. The summed E-state index contributed by atoms with van der Waals surface area (Å²) in [6.07, 6.45) is 3.05. The molecule has 148 valence electrons. The summed E-state index contributed by atoms with van der Waals surface area (Å²) in [7, 11) is 1.24. The zero-order chi connectivity index (χ0) is 20.7. The first-order valence-electron chi connectivity index (χ1n) is 8.72. The number of aromatic amines is 1. The van der Waals surface area contributed by atoms with Gasteiger partial charge in [0.15, 0.2) is 0 Å². The Labute approximate surface area is 162 Å². The van der Waals surface area contributed by atoms with Crippen LogP contribution in [0.3, 0.4) is 0 Å². The van der Waals surface area contributed by atoms with Crippen molar-refractivity contribution in [2.45, 2.75) is 20.0 Å². The summed E-state index contributed by atoms with van der Waals surface area (Å²) < 4.78 is 21.3. The molecule has 0 radical (unpaired) electrons. The number of aromatic nitrogens is 5. The number of pyridine rings is 1. The van der Waals surface area contributed by atoms with Crippen LogP contribution in [-0.2, 0) is 17.8 Å². The number of nitrogens with zero attached hydrogens (tertiary/aromatic N) is 4. The molecule has 2 aliphatic rings. The van der Waals surface area contributed by atoms with E-state index in [0.717, 1.165) is 6.07 Å². The average molecular weight is 397 g/mol. The number of benzene rings is 1. The third-order valence-corrected chi connectivity index (χ3v) is 4.71. The molecule has 0 saturated heterocycles. The van der Waals surface area contributed by atoms with Crippen molar-refractivity contribution in [1.29, 1.82) is 0 Å². The van der Waals surface area contributed by atoms with E-state index in [1.54, 1.807) is 17.7 Å². The van der Waals surface area contributed by atoms with Crippen LogP contribution in [0.15, 0.2) is 40.2 Å². The van der Waals surface area contributed by atoms with Gasteiger partial charge in [-0.2, -0.15) is 5.10 Å². The van der Waals surface area contributed by atoms with Gasteiger partial charge in [0.05, 0.1) is 23.6 Å². The van der Waals surface area contributed by atoms with Gasteiger partial charge in [0.1, 0.15) is 22.9 Å². The van der Waals surface area contributed by atoms with Crippen LogP contribution in [0.25, 0.3) is 22.2 Å². The number of hydrogen-bond acceptors (Lipinski definition) is 6. The van der Waals surface area contributed by atoms with Crippen LogP contribution in [0.1, 0.15) is 16.2 Å². The fourth-order valence-electron chi connectivity index (χ4n) is 3.26. The minimum absolute atomic E-state index is 0.131. The van der Waals surface area contributed by atoms with Crippen molar-refractivity contribution in [2.75, 3.05) is 7.11 Å². The van der Waals surface area contributed by atoms with Crippen molar-refractivity contribution in [2.24, 2.45) is 0 Å². The summed E-state index contributed by atoms with van der Waals surface area (Å²) in [5.74, 6) is -0.680. The molecule has 2 aromatic rings. The van der Waals surface area contributed by atoms with E-state index in [2.05, 4.69) is 15.2 Å². The van der Waals surface area contributed by atoms with Gasteiger partial charge in [-0.25, -0.2) is 19.3 Å². The van der Waals surface area contributed by atoms with Gasteiger partial charge in [0.25, 0.3) is 11.1 Å². The molecule has 0 atom stereocenters. The van der Waals surface area contributed by atoms with Gasteiger partial charge in [-0.05, 0) is 25.1 Å². The largest absolute Gasteiger partial charge is 0.465 e. The van der Waals surface area contributed by atoms with Crippen LogP contribution in [0.2, 0.25) is 0 Å². The topological polar surface area (TPSA) is 112 Å². The SMILES string of the molecule is COC(=O)c1cn(CCn2c(C)nc3ccc(F)cc3c2=O)cc2c(=O)[nH]nc1-2. The van der Waals surface area contributed by atoms with Crippen molar-refractivity contribution in [3.8, 4) is 11.3 Å². The van der Waals surface area contributed by atoms with Crippen LogP contribution in [0.4, 0.5) is 4.39 Å². The summed E-state index contributed by atoms with van der Waals surface area (Å²) in [6.45, 7) is 2.14. The Balaban J connectivity index is 1.74. The zero-order valence-corrected chi connectivity index (χ0v) is 15.6. The molecule has 0 aliphatic carbocycles. The standard InChI is InChI=1S/C19H16FN5O4/c1-10-21-15-4-3-11(20)7-12(15)18(27)25(10)6-5-24-8-13-16(22-23-17(13)26)14(9-24)19(28)29-2/h3-4,7-9H,5-6H2,1-2H3,(H,23,26). The highest BCUT2D eigenvalue weighted by Gasteiger charge is 2.22. The summed E-state index contributed by atoms with van der Waals surface area (Å²) in [5, 5.41) is 6.36. The molecule has 29 heavy (non-hydrogen) atoms. The molecule has 9 nitrogen and oxygen atoms in total. The number of esters is 1. The molecular formula is C19H16FN5O4. The molecule has 2 aliphatic heterocycles. The van der Waals surface area contributed by atoms with Crippen molar-refractivity contribution in [3.05, 3.63) is 68.5 Å². The summed E-state index contributed by atoms with van der Waals surface area (Å²) in [4.78, 5) is 41.2. The van der Waals surface area contributed by atoms with Crippen molar-refractivity contribution >= 4 is 16.9 Å². The number of fused-ring (bicyclic) bond motifs is 2. The Morgan fingerprint density at radius 3 is 2.79 bits per heavy atom. The quantitative estimate of drug-likeness (QED) is 0.520. The van der Waals surface area contributed by atoms with Gasteiger partial charge >= 0.3 is 5.97 Å². The maximum absolute atomic E-state index is 13.5. The minimum atomic E-state index is -0.632. The highest BCUT2D eigenvalue weighted by Crippen LogP contribution is 2.20. The number of rotatable bonds is 4. The molecule has 4 rings (SSSR count). The highest BCUT2D eigenvalue weighted by molar-refractivity contribution is 5.95. The predicted molar refractivity (Wildman–Crippen MR) is 102 cm³/mol. The molecule has 0 saturated carbocycles. The van der Waals surface area contributed by atoms with Gasteiger partial charge in [0.2, 0.25) is 0 Å². The average Bonchev–Trinajstić information content (AvgIpc) is 3.08. The van der Waals surface area contributed by atoms with Crippen LogP contribution >= 0.6 is 0 Å². The van der Waals surface area contributed by atoms with Crippen LogP contribution in [0, 0.1) is 12.7 Å². The number of ether oxygens (including phenoxy) is 1. The van der Waals surface area contributed by atoms with E-state index < -0.39 is 17.3 Å². The number of halogens is 1. The number of carbonyl (C=O) groups excluding carboxylic acids is 1. The molecule has 3 heterocycles. The smallest absolute Gasteiger partial charge is 0.341 e. The van der Waals surface area contributed by atoms with E-state index in [0.29, 0.717) is 11.3 Å². The first-order valence-corrected chi connectivity index (χ1v) is 8.72. The lowest BCUT2D eigenvalue weighted by atomic mass is 10.1. The second kappa shape index (κ2) is 6.97. The first-order chi connectivity index (χ1) is 13.9. The summed E-state index contributed by atoms with van der Waals surface area (Å²) in [6, 6.07) is 3.87. The lowest BCUT2D eigenvalue weighted by Crippen LogP contribution is -2.26. The summed E-state index contributed by atoms with van der Waals surface area (Å²) >= 11 is 0. The molecular weight excluding hydrogens is 381 g/mol. The van der Waals surface area contributed by atoms with Crippen LogP contribution < -0.4 is 11.1 Å². The molecule has 0 unspecified atom stereocenters. The Morgan fingerprint density at radius 2 is 2.03 bits per heavy atom. The molecule has 1 aromatic heterocycles. The predicted octanol–water partition coefficient (Wildman–Crippen LogP) is 1.32. The second-order valence-corrected chi connectivity index (χ2v) is 6.49. The Bertz CT molecular complexity index is 1340. The number of H-pyrrole nitrogens is 1. The van der Waals surface area contributed by atoms with Gasteiger partial charge in [-0.1, -0.05) is 0 Å². The van der Waals surface area contributed by atoms with Gasteiger partial charge in [0, 0.05) is 25.5 Å². The van der Waals surface area contributed by atoms with E-state index in [1.807, 2.05) is 0 Å². The van der Waals surface area contributed by atoms with Crippen LogP contribution in [0.5, 0.6) is 0 Å². The minimum Gasteiger partial charge on any atom is -0.465 e. The van der Waals surface area contributed by atoms with Crippen LogP contribution in [-0.4, -0.2) is 37.4 Å². The molecule has 0 bridgehead atoms. The first kappa shape index (κ1) is 18.5. The summed E-state index contributed by atoms with van der Waals surface area (Å²) in [5.41, 5.74) is 0.197. The number of aryl methyl sites for hydroxylation is 2. The van der Waals surface area contributed by atoms with Crippen molar-refractivity contribution in [3.63, 3.8) is 0 Å². The Morgan fingerprint density at radius 1 is 1.24 bits per heavy atom. The molecule has 0 fully saturated rings. The third-order valence-electron chi connectivity index (χ3n) is 4.71. The van der Waals surface area contributed by atoms with Crippen molar-refractivity contribution < 1.29 is 13.9 Å². The van der Waals surface area contributed by atoms with E-state index in [9.17, 15) is 18.8 Å². The van der Waals surface area contributed by atoms with Gasteiger partial charge in [-0.3, -0.25) is 14.2 Å². The monoisotopic (exact) mass is 397 g/mol. The maximum Gasteiger partial charge on any atom is 0.341 e. The van der Waals surface area contributed by atoms with Gasteiger partial charge in [-0.15, -0.1) is 0 Å². The Hall–Kier alpha value is -3.82. The molecule has 0 amide bonds. The van der Waals surface area contributed by atoms with E-state index >= 15 is 0 Å². The van der Waals surface area contributed by atoms with Gasteiger partial charge < -0.3 is 9.30 Å². The lowest BCUT2D eigenvalue weighted by molar-refractivity contribution is 0.0600. The molecule has 1 N–H and O–H groups in total. The van der Waals surface area contributed by atoms with E-state index in [-0.39, 0.29) is 40.9 Å². The van der Waals surface area contributed by atoms with Crippen molar-refractivity contribution in [1.82, 2.24) is 24.3 Å². The molecule has 10 heteroatoms. The number of carbonyl (C=O) groups is 1. The Kier molecular flexibility index (Phi) is 4.45. The fourth-order valence-corrected chi connectivity index (χ4v) is 3.26. The van der Waals surface area contributed by atoms with E-state index in [1.165, 1.54) is 30.0 Å². The fraction of sp³-hybridized carbons (Fsp3) is 0.211. The number of methoxy groups -OCH3 is 1. The highest BCUT2D eigenvalue weighted by atomic mass is 19.1. The zero-order valence-electron chi connectivity index (χ0n) is 15.6. The maximum atomic E-state index is 13.5. The molecule has 1 aromatic carbocycles. The molecule has 0 spiro atoms. The normalized spacial score (nSPS) is 11.3. The number of nitrogens with one attached hydrogen (secondary N) is 1. The second-order valence-electron chi connectivity index (χ2n) is 6.49.